The van der Waals surface area contributed by atoms with Crippen LogP contribution in [0.1, 0.15) is 24.7 Å². The SMILES string of the molecule is CC/C=C/c1nc2cccnc2n1Cc1ccc(-c2ccccc2-c2nnn[nH]2)cc1. The van der Waals surface area contributed by atoms with Gasteiger partial charge in [0.05, 0.1) is 6.54 Å². The zero-order chi connectivity index (χ0) is 21.0. The van der Waals surface area contributed by atoms with E-state index >= 15 is 0 Å². The van der Waals surface area contributed by atoms with Gasteiger partial charge in [0.1, 0.15) is 11.3 Å². The summed E-state index contributed by atoms with van der Waals surface area (Å²) in [5.74, 6) is 1.57. The quantitative estimate of drug-likeness (QED) is 0.439. The minimum absolute atomic E-state index is 0.656. The minimum Gasteiger partial charge on any atom is -0.305 e. The van der Waals surface area contributed by atoms with Crippen molar-refractivity contribution in [3.63, 3.8) is 0 Å². The van der Waals surface area contributed by atoms with E-state index in [2.05, 4.69) is 79.6 Å². The topological polar surface area (TPSA) is 85.2 Å². The molecule has 3 aromatic heterocycles. The van der Waals surface area contributed by atoms with E-state index in [1.54, 1.807) is 0 Å². The molecule has 0 atom stereocenters. The molecule has 7 nitrogen and oxygen atoms in total. The molecule has 5 rings (SSSR count). The first-order valence-electron chi connectivity index (χ1n) is 10.2. The van der Waals surface area contributed by atoms with Crippen LogP contribution >= 0.6 is 0 Å². The molecule has 0 radical (unpaired) electrons. The molecule has 3 heterocycles. The Kier molecular flexibility index (Phi) is 5.06. The summed E-state index contributed by atoms with van der Waals surface area (Å²) in [5, 5.41) is 14.3. The number of pyridine rings is 1. The Morgan fingerprint density at radius 3 is 2.58 bits per heavy atom. The van der Waals surface area contributed by atoms with Gasteiger partial charge in [0.2, 0.25) is 0 Å². The third-order valence-electron chi connectivity index (χ3n) is 5.17. The third kappa shape index (κ3) is 3.73. The highest BCUT2D eigenvalue weighted by molar-refractivity contribution is 5.80. The van der Waals surface area contributed by atoms with Crippen molar-refractivity contribution in [2.45, 2.75) is 19.9 Å². The number of hydrogen-bond acceptors (Lipinski definition) is 5. The van der Waals surface area contributed by atoms with E-state index in [4.69, 9.17) is 4.98 Å². The van der Waals surface area contributed by atoms with Gasteiger partial charge in [-0.05, 0) is 51.7 Å². The smallest absolute Gasteiger partial charge is 0.180 e. The number of H-pyrrole nitrogens is 1. The normalized spacial score (nSPS) is 11.5. The molecule has 5 aromatic rings. The van der Waals surface area contributed by atoms with Crippen LogP contribution in [0.5, 0.6) is 0 Å². The lowest BCUT2D eigenvalue weighted by atomic mass is 9.98. The fraction of sp³-hybridized carbons (Fsp3) is 0.125. The Morgan fingerprint density at radius 1 is 0.968 bits per heavy atom. The molecule has 0 aliphatic heterocycles. The average Bonchev–Trinajstić information content (AvgIpc) is 3.47. The largest absolute Gasteiger partial charge is 0.305 e. The second-order valence-corrected chi connectivity index (χ2v) is 7.21. The van der Waals surface area contributed by atoms with Gasteiger partial charge in [-0.1, -0.05) is 61.5 Å². The summed E-state index contributed by atoms with van der Waals surface area (Å²) in [6.45, 7) is 2.82. The van der Waals surface area contributed by atoms with Crippen LogP contribution in [0.2, 0.25) is 0 Å². The van der Waals surface area contributed by atoms with Crippen LogP contribution in [-0.4, -0.2) is 35.2 Å². The van der Waals surface area contributed by atoms with Gasteiger partial charge in [0.15, 0.2) is 11.5 Å². The highest BCUT2D eigenvalue weighted by Gasteiger charge is 2.12. The minimum atomic E-state index is 0.656. The number of hydrogen-bond donors (Lipinski definition) is 1. The molecular formula is C24H21N7. The first-order chi connectivity index (χ1) is 15.3. The van der Waals surface area contributed by atoms with Gasteiger partial charge < -0.3 is 4.57 Å². The van der Waals surface area contributed by atoms with Crippen molar-refractivity contribution >= 4 is 17.2 Å². The number of imidazole rings is 1. The van der Waals surface area contributed by atoms with Gasteiger partial charge in [-0.15, -0.1) is 5.10 Å². The van der Waals surface area contributed by atoms with Gasteiger partial charge in [0, 0.05) is 11.8 Å². The summed E-state index contributed by atoms with van der Waals surface area (Å²) in [7, 11) is 0. The molecule has 1 N–H and O–H groups in total. The molecule has 0 saturated heterocycles. The summed E-state index contributed by atoms with van der Waals surface area (Å²) < 4.78 is 2.16. The molecule has 0 unspecified atom stereocenters. The highest BCUT2D eigenvalue weighted by Crippen LogP contribution is 2.30. The van der Waals surface area contributed by atoms with Crippen LogP contribution < -0.4 is 0 Å². The Balaban J connectivity index is 1.48. The van der Waals surface area contributed by atoms with Crippen LogP contribution in [0, 0.1) is 0 Å². The molecule has 0 bridgehead atoms. The van der Waals surface area contributed by atoms with E-state index in [0.717, 1.165) is 40.1 Å². The first kappa shape index (κ1) is 18.9. The molecule has 0 spiro atoms. The number of aromatic nitrogens is 7. The fourth-order valence-electron chi connectivity index (χ4n) is 3.67. The summed E-state index contributed by atoms with van der Waals surface area (Å²) in [4.78, 5) is 9.30. The van der Waals surface area contributed by atoms with Crippen molar-refractivity contribution in [2.75, 3.05) is 0 Å². The maximum absolute atomic E-state index is 4.74. The van der Waals surface area contributed by atoms with E-state index in [0.29, 0.717) is 12.4 Å². The van der Waals surface area contributed by atoms with Gasteiger partial charge in [-0.2, -0.15) is 0 Å². The number of fused-ring (bicyclic) bond motifs is 1. The van der Waals surface area contributed by atoms with Crippen LogP contribution in [-0.2, 0) is 6.54 Å². The monoisotopic (exact) mass is 407 g/mol. The van der Waals surface area contributed by atoms with Crippen molar-refractivity contribution in [3.8, 4) is 22.5 Å². The molecule has 2 aromatic carbocycles. The molecule has 0 aliphatic carbocycles. The Labute approximate surface area is 179 Å². The maximum atomic E-state index is 4.74. The van der Waals surface area contributed by atoms with Gasteiger partial charge in [-0.3, -0.25) is 0 Å². The molecule has 31 heavy (non-hydrogen) atoms. The number of nitrogens with one attached hydrogen (secondary N) is 1. The number of tetrazole rings is 1. The first-order valence-corrected chi connectivity index (χ1v) is 10.2. The number of benzene rings is 2. The van der Waals surface area contributed by atoms with Crippen molar-refractivity contribution in [1.82, 2.24) is 35.2 Å². The number of allylic oxidation sites excluding steroid dienone is 1. The lowest BCUT2D eigenvalue weighted by Gasteiger charge is -2.10. The Morgan fingerprint density at radius 2 is 1.81 bits per heavy atom. The molecule has 7 heteroatoms. The van der Waals surface area contributed by atoms with Crippen LogP contribution in [0.3, 0.4) is 0 Å². The highest BCUT2D eigenvalue weighted by atomic mass is 15.5. The lowest BCUT2D eigenvalue weighted by Crippen LogP contribution is -2.03. The van der Waals surface area contributed by atoms with Crippen molar-refractivity contribution < 1.29 is 0 Å². The van der Waals surface area contributed by atoms with Gasteiger partial charge in [-0.25, -0.2) is 15.1 Å². The maximum Gasteiger partial charge on any atom is 0.180 e. The molecule has 0 fully saturated rings. The summed E-state index contributed by atoms with van der Waals surface area (Å²) in [5.41, 5.74) is 6.13. The molecule has 152 valence electrons. The Bertz CT molecular complexity index is 1330. The Hall–Kier alpha value is -4.13. The summed E-state index contributed by atoms with van der Waals surface area (Å²) in [6.07, 6.45) is 6.96. The molecule has 0 saturated carbocycles. The number of aromatic amines is 1. The van der Waals surface area contributed by atoms with E-state index in [-0.39, 0.29) is 0 Å². The lowest BCUT2D eigenvalue weighted by molar-refractivity contribution is 0.803. The predicted molar refractivity (Wildman–Crippen MR) is 121 cm³/mol. The van der Waals surface area contributed by atoms with E-state index in [9.17, 15) is 0 Å². The van der Waals surface area contributed by atoms with Gasteiger partial charge >= 0.3 is 0 Å². The van der Waals surface area contributed by atoms with Crippen molar-refractivity contribution in [2.24, 2.45) is 0 Å². The average molecular weight is 407 g/mol. The second-order valence-electron chi connectivity index (χ2n) is 7.21. The molecular weight excluding hydrogens is 386 g/mol. The van der Waals surface area contributed by atoms with Crippen LogP contribution in [0.25, 0.3) is 39.8 Å². The van der Waals surface area contributed by atoms with Crippen molar-refractivity contribution in [3.05, 3.63) is 84.3 Å². The molecule has 0 aliphatic rings. The van der Waals surface area contributed by atoms with Crippen molar-refractivity contribution in [1.29, 1.82) is 0 Å². The van der Waals surface area contributed by atoms with Crippen LogP contribution in [0.4, 0.5) is 0 Å². The number of rotatable bonds is 6. The second kappa shape index (κ2) is 8.31. The van der Waals surface area contributed by atoms with Crippen LogP contribution in [0.15, 0.2) is 72.9 Å². The standard InChI is InChI=1S/C24H21N7/c1-2-3-10-22-26-21-9-6-15-25-24(21)31(22)16-17-11-13-18(14-12-17)19-7-4-5-8-20(19)23-27-29-30-28-23/h3-15H,2,16H2,1H3,(H,27,28,29,30)/b10-3+. The van der Waals surface area contributed by atoms with Gasteiger partial charge in [0.25, 0.3) is 0 Å². The van der Waals surface area contributed by atoms with E-state index in [1.807, 2.05) is 36.5 Å². The predicted octanol–water partition coefficient (Wildman–Crippen LogP) is 4.75. The number of nitrogens with zero attached hydrogens (tertiary/aromatic N) is 6. The van der Waals surface area contributed by atoms with E-state index in [1.165, 1.54) is 5.56 Å². The zero-order valence-corrected chi connectivity index (χ0v) is 17.1. The third-order valence-corrected chi connectivity index (χ3v) is 5.17. The zero-order valence-electron chi connectivity index (χ0n) is 17.1. The summed E-state index contributed by atoms with van der Waals surface area (Å²) >= 11 is 0. The van der Waals surface area contributed by atoms with E-state index < -0.39 is 0 Å². The molecule has 0 amide bonds. The summed E-state index contributed by atoms with van der Waals surface area (Å²) in [6, 6.07) is 20.6. The fourth-order valence-corrected chi connectivity index (χ4v) is 3.67.